The molecule has 0 aromatic carbocycles. The summed E-state index contributed by atoms with van der Waals surface area (Å²) in [7, 11) is 0. The zero-order valence-electron chi connectivity index (χ0n) is 19.3. The van der Waals surface area contributed by atoms with Gasteiger partial charge >= 0.3 is 0 Å². The van der Waals surface area contributed by atoms with E-state index in [-0.39, 0.29) is 6.29 Å². The number of hydrogen-bond acceptors (Lipinski definition) is 2. The van der Waals surface area contributed by atoms with Crippen molar-refractivity contribution in [2.75, 3.05) is 13.2 Å². The van der Waals surface area contributed by atoms with Crippen molar-refractivity contribution >= 4 is 0 Å². The minimum Gasteiger partial charge on any atom is -0.349 e. The Morgan fingerprint density at radius 1 is 1.04 bits per heavy atom. The fourth-order valence-electron chi connectivity index (χ4n) is 3.51. The molecule has 0 bridgehead atoms. The molecule has 0 aromatic rings. The number of ether oxygens (including phenoxy) is 2. The number of hydrogen-bond donors (Lipinski definition) is 0. The summed E-state index contributed by atoms with van der Waals surface area (Å²) in [5.41, 5.74) is 5.75. The molecule has 2 heteroatoms. The Bertz CT molecular complexity index is 606. The Morgan fingerprint density at radius 3 is 2.25 bits per heavy atom. The average Bonchev–Trinajstić information content (AvgIpc) is 2.63. The monoisotopic (exact) mass is 386 g/mol. The summed E-state index contributed by atoms with van der Waals surface area (Å²) in [5.74, 6) is 0. The van der Waals surface area contributed by atoms with Gasteiger partial charge in [-0.3, -0.25) is 0 Å². The van der Waals surface area contributed by atoms with E-state index in [1.807, 2.05) is 0 Å². The SMILES string of the molecule is CCCOC(C=C(C)C=CC=C(C)C=CC1=C(C)CCCC1(C)C)OCCC. The standard InChI is InChI=1S/C26H42O2/c1-8-18-27-25(28-19-9-2)20-22(4)13-10-12-21(3)15-16-24-23(5)14-11-17-26(24,6)7/h10,12-13,15-16,20,25H,8-9,11,14,17-19H2,1-7H3. The maximum absolute atomic E-state index is 5.76. The Kier molecular flexibility index (Phi) is 11.4. The molecular weight excluding hydrogens is 344 g/mol. The predicted molar refractivity (Wildman–Crippen MR) is 122 cm³/mol. The quantitative estimate of drug-likeness (QED) is 0.267. The molecular formula is C26H42O2. The van der Waals surface area contributed by atoms with Crippen molar-refractivity contribution in [3.05, 3.63) is 58.7 Å². The Hall–Kier alpha value is -1.38. The van der Waals surface area contributed by atoms with Crippen LogP contribution in [-0.4, -0.2) is 19.5 Å². The van der Waals surface area contributed by atoms with Crippen LogP contribution in [0.3, 0.4) is 0 Å². The topological polar surface area (TPSA) is 18.5 Å². The summed E-state index contributed by atoms with van der Waals surface area (Å²) in [6.45, 7) is 16.9. The third kappa shape index (κ3) is 9.21. The molecule has 1 aliphatic rings. The zero-order chi connectivity index (χ0) is 21.0. The summed E-state index contributed by atoms with van der Waals surface area (Å²) in [6.07, 6.45) is 18.6. The van der Waals surface area contributed by atoms with Gasteiger partial charge in [0.15, 0.2) is 6.29 Å². The smallest absolute Gasteiger partial charge is 0.177 e. The maximum atomic E-state index is 5.76. The van der Waals surface area contributed by atoms with E-state index in [1.54, 1.807) is 5.57 Å². The van der Waals surface area contributed by atoms with Crippen LogP contribution in [0.25, 0.3) is 0 Å². The van der Waals surface area contributed by atoms with Crippen molar-refractivity contribution in [2.24, 2.45) is 5.41 Å². The largest absolute Gasteiger partial charge is 0.349 e. The van der Waals surface area contributed by atoms with Crippen molar-refractivity contribution in [1.29, 1.82) is 0 Å². The van der Waals surface area contributed by atoms with Gasteiger partial charge in [-0.15, -0.1) is 0 Å². The molecule has 0 spiro atoms. The summed E-state index contributed by atoms with van der Waals surface area (Å²) < 4.78 is 11.5. The molecule has 0 N–H and O–H groups in total. The molecule has 0 aliphatic heterocycles. The van der Waals surface area contributed by atoms with Gasteiger partial charge in [0.1, 0.15) is 0 Å². The van der Waals surface area contributed by atoms with E-state index >= 15 is 0 Å². The van der Waals surface area contributed by atoms with Crippen molar-refractivity contribution in [3.8, 4) is 0 Å². The van der Waals surface area contributed by atoms with Crippen molar-refractivity contribution in [3.63, 3.8) is 0 Å². The van der Waals surface area contributed by atoms with Crippen LogP contribution >= 0.6 is 0 Å². The van der Waals surface area contributed by atoms with Gasteiger partial charge in [-0.1, -0.05) is 74.8 Å². The first-order valence-electron chi connectivity index (χ1n) is 10.9. The number of allylic oxidation sites excluding steroid dienone is 9. The van der Waals surface area contributed by atoms with Gasteiger partial charge in [-0.2, -0.15) is 0 Å². The van der Waals surface area contributed by atoms with Crippen molar-refractivity contribution < 1.29 is 9.47 Å². The molecule has 0 amide bonds. The van der Waals surface area contributed by atoms with E-state index < -0.39 is 0 Å². The van der Waals surface area contributed by atoms with Crippen LogP contribution in [0.4, 0.5) is 0 Å². The minimum atomic E-state index is -0.252. The lowest BCUT2D eigenvalue weighted by molar-refractivity contribution is -0.111. The fraction of sp³-hybridized carbons (Fsp3) is 0.615. The Labute approximate surface area is 174 Å². The molecule has 2 nitrogen and oxygen atoms in total. The van der Waals surface area contributed by atoms with Gasteiger partial charge in [0.2, 0.25) is 0 Å². The molecule has 0 saturated heterocycles. The molecule has 0 radical (unpaired) electrons. The molecule has 0 heterocycles. The number of rotatable bonds is 11. The first kappa shape index (κ1) is 24.7. The van der Waals surface area contributed by atoms with E-state index in [1.165, 1.54) is 30.4 Å². The summed E-state index contributed by atoms with van der Waals surface area (Å²) in [6, 6.07) is 0. The maximum Gasteiger partial charge on any atom is 0.177 e. The molecule has 28 heavy (non-hydrogen) atoms. The normalized spacial score (nSPS) is 18.9. The first-order chi connectivity index (χ1) is 13.3. The van der Waals surface area contributed by atoms with Crippen LogP contribution in [0, 0.1) is 5.41 Å². The lowest BCUT2D eigenvalue weighted by Gasteiger charge is -2.32. The average molecular weight is 387 g/mol. The molecule has 0 atom stereocenters. The van der Waals surface area contributed by atoms with Crippen LogP contribution < -0.4 is 0 Å². The van der Waals surface area contributed by atoms with E-state index in [4.69, 9.17) is 9.47 Å². The molecule has 0 aromatic heterocycles. The molecule has 1 aliphatic carbocycles. The predicted octanol–water partition coefficient (Wildman–Crippen LogP) is 7.70. The second-order valence-electron chi connectivity index (χ2n) is 8.56. The highest BCUT2D eigenvalue weighted by atomic mass is 16.7. The van der Waals surface area contributed by atoms with Crippen LogP contribution in [0.15, 0.2) is 58.7 Å². The molecule has 0 fully saturated rings. The van der Waals surface area contributed by atoms with Crippen LogP contribution in [0.2, 0.25) is 0 Å². The van der Waals surface area contributed by atoms with E-state index in [2.05, 4.69) is 84.9 Å². The Balaban J connectivity index is 2.72. The van der Waals surface area contributed by atoms with Gasteiger partial charge in [0.05, 0.1) is 0 Å². The van der Waals surface area contributed by atoms with Crippen molar-refractivity contribution in [2.45, 2.75) is 86.9 Å². The molecule has 0 saturated carbocycles. The highest BCUT2D eigenvalue weighted by Gasteiger charge is 2.26. The van der Waals surface area contributed by atoms with E-state index in [9.17, 15) is 0 Å². The van der Waals surface area contributed by atoms with Gasteiger partial charge in [-0.05, 0) is 69.9 Å². The van der Waals surface area contributed by atoms with Crippen LogP contribution in [0.5, 0.6) is 0 Å². The third-order valence-corrected chi connectivity index (χ3v) is 5.15. The van der Waals surface area contributed by atoms with Crippen LogP contribution in [0.1, 0.15) is 80.6 Å². The van der Waals surface area contributed by atoms with E-state index in [0.717, 1.165) is 31.6 Å². The molecule has 1 rings (SSSR count). The highest BCUT2D eigenvalue weighted by molar-refractivity contribution is 5.37. The summed E-state index contributed by atoms with van der Waals surface area (Å²) in [5, 5.41) is 0. The second-order valence-corrected chi connectivity index (χ2v) is 8.56. The second kappa shape index (κ2) is 13.0. The molecule has 0 unspecified atom stereocenters. The summed E-state index contributed by atoms with van der Waals surface area (Å²) in [4.78, 5) is 0. The van der Waals surface area contributed by atoms with Gasteiger partial charge < -0.3 is 9.47 Å². The fourth-order valence-corrected chi connectivity index (χ4v) is 3.51. The van der Waals surface area contributed by atoms with Gasteiger partial charge in [-0.25, -0.2) is 0 Å². The summed E-state index contributed by atoms with van der Waals surface area (Å²) >= 11 is 0. The minimum absolute atomic E-state index is 0.252. The van der Waals surface area contributed by atoms with Gasteiger partial charge in [0, 0.05) is 13.2 Å². The van der Waals surface area contributed by atoms with Crippen molar-refractivity contribution in [1.82, 2.24) is 0 Å². The van der Waals surface area contributed by atoms with E-state index in [0.29, 0.717) is 5.41 Å². The lowest BCUT2D eigenvalue weighted by atomic mass is 9.72. The zero-order valence-corrected chi connectivity index (χ0v) is 19.3. The highest BCUT2D eigenvalue weighted by Crippen LogP contribution is 2.40. The first-order valence-corrected chi connectivity index (χ1v) is 10.9. The van der Waals surface area contributed by atoms with Crippen LogP contribution in [-0.2, 0) is 9.47 Å². The van der Waals surface area contributed by atoms with Gasteiger partial charge in [0.25, 0.3) is 0 Å². The molecule has 158 valence electrons. The lowest BCUT2D eigenvalue weighted by Crippen LogP contribution is -2.19. The Morgan fingerprint density at radius 2 is 1.68 bits per heavy atom. The third-order valence-electron chi connectivity index (χ3n) is 5.15.